The smallest absolute Gasteiger partial charge is 0.405 e. The van der Waals surface area contributed by atoms with Crippen LogP contribution in [0.15, 0.2) is 18.2 Å². The zero-order valence-corrected chi connectivity index (χ0v) is 10.5. The van der Waals surface area contributed by atoms with Gasteiger partial charge in [0, 0.05) is 17.7 Å². The van der Waals surface area contributed by atoms with E-state index in [9.17, 15) is 28.1 Å². The SMILES string of the molecule is O=C(COc1ccc([N+](=O)[O-])cc1CO)NCC(F)(F)F. The number of nitrogens with one attached hydrogen (secondary N) is 1. The average Bonchev–Trinajstić information content (AvgIpc) is 2.41. The number of non-ortho nitro benzene ring substituents is 1. The van der Waals surface area contributed by atoms with Crippen LogP contribution < -0.4 is 10.1 Å². The van der Waals surface area contributed by atoms with Gasteiger partial charge in [0.1, 0.15) is 12.3 Å². The Bertz CT molecular complexity index is 533. The van der Waals surface area contributed by atoms with E-state index in [1.54, 1.807) is 5.32 Å². The van der Waals surface area contributed by atoms with Crippen molar-refractivity contribution in [2.45, 2.75) is 12.8 Å². The summed E-state index contributed by atoms with van der Waals surface area (Å²) in [5.74, 6) is -1.03. The third kappa shape index (κ3) is 5.65. The molecule has 7 nitrogen and oxygen atoms in total. The zero-order chi connectivity index (χ0) is 16.0. The molecule has 0 bridgehead atoms. The first-order chi connectivity index (χ1) is 9.73. The van der Waals surface area contributed by atoms with Gasteiger partial charge in [0.15, 0.2) is 6.61 Å². The summed E-state index contributed by atoms with van der Waals surface area (Å²) >= 11 is 0. The number of nitrogens with zero attached hydrogens (tertiary/aromatic N) is 1. The summed E-state index contributed by atoms with van der Waals surface area (Å²) in [6, 6.07) is 3.28. The van der Waals surface area contributed by atoms with Crippen LogP contribution in [0.1, 0.15) is 5.56 Å². The molecule has 0 fully saturated rings. The maximum absolute atomic E-state index is 11.9. The summed E-state index contributed by atoms with van der Waals surface area (Å²) in [6.45, 7) is -2.77. The number of nitro benzene ring substituents is 1. The number of aliphatic hydroxyl groups is 1. The number of carbonyl (C=O) groups is 1. The second kappa shape index (κ2) is 6.88. The topological polar surface area (TPSA) is 102 Å². The first-order valence-electron chi connectivity index (χ1n) is 5.57. The molecule has 2 N–H and O–H groups in total. The highest BCUT2D eigenvalue weighted by atomic mass is 19.4. The molecule has 116 valence electrons. The number of halogens is 3. The lowest BCUT2D eigenvalue weighted by Gasteiger charge is -2.11. The minimum absolute atomic E-state index is 0.0229. The van der Waals surface area contributed by atoms with Crippen molar-refractivity contribution in [3.8, 4) is 5.75 Å². The molecule has 0 unspecified atom stereocenters. The Labute approximate surface area is 116 Å². The molecular weight excluding hydrogens is 297 g/mol. The van der Waals surface area contributed by atoms with Crippen LogP contribution in [-0.4, -0.2) is 35.3 Å². The number of aliphatic hydroxyl groups excluding tert-OH is 1. The van der Waals surface area contributed by atoms with Crippen LogP contribution in [0.5, 0.6) is 5.75 Å². The van der Waals surface area contributed by atoms with Gasteiger partial charge in [-0.2, -0.15) is 13.2 Å². The third-order valence-electron chi connectivity index (χ3n) is 2.27. The van der Waals surface area contributed by atoms with E-state index in [0.29, 0.717) is 0 Å². The molecule has 1 aromatic rings. The van der Waals surface area contributed by atoms with Crippen molar-refractivity contribution in [2.75, 3.05) is 13.2 Å². The van der Waals surface area contributed by atoms with Crippen molar-refractivity contribution in [3.05, 3.63) is 33.9 Å². The van der Waals surface area contributed by atoms with Crippen molar-refractivity contribution in [3.63, 3.8) is 0 Å². The fraction of sp³-hybridized carbons (Fsp3) is 0.364. The van der Waals surface area contributed by atoms with E-state index in [4.69, 9.17) is 9.84 Å². The summed E-state index contributed by atoms with van der Waals surface area (Å²) in [4.78, 5) is 21.0. The first-order valence-corrected chi connectivity index (χ1v) is 5.57. The van der Waals surface area contributed by atoms with Gasteiger partial charge in [-0.15, -0.1) is 0 Å². The second-order valence-electron chi connectivity index (χ2n) is 3.89. The molecule has 1 aromatic carbocycles. The standard InChI is InChI=1S/C11H11F3N2O5/c12-11(13,14)6-15-10(18)5-21-9-2-1-8(16(19)20)3-7(9)4-17/h1-3,17H,4-6H2,(H,15,18). The van der Waals surface area contributed by atoms with E-state index in [0.717, 1.165) is 18.2 Å². The van der Waals surface area contributed by atoms with Crippen LogP contribution in [0.4, 0.5) is 18.9 Å². The van der Waals surface area contributed by atoms with E-state index >= 15 is 0 Å². The molecule has 10 heteroatoms. The van der Waals surface area contributed by atoms with Crippen molar-refractivity contribution < 1.29 is 32.7 Å². The Morgan fingerprint density at radius 1 is 1.43 bits per heavy atom. The molecule has 0 aliphatic heterocycles. The third-order valence-corrected chi connectivity index (χ3v) is 2.27. The van der Waals surface area contributed by atoms with Gasteiger partial charge in [0.05, 0.1) is 11.5 Å². The molecule has 0 radical (unpaired) electrons. The molecule has 0 saturated heterocycles. The normalized spacial score (nSPS) is 11.0. The van der Waals surface area contributed by atoms with Crippen LogP contribution in [-0.2, 0) is 11.4 Å². The Hall–Kier alpha value is -2.36. The fourth-order valence-corrected chi connectivity index (χ4v) is 1.34. The molecule has 0 saturated carbocycles. The molecule has 0 aliphatic rings. The van der Waals surface area contributed by atoms with E-state index in [-0.39, 0.29) is 17.0 Å². The van der Waals surface area contributed by atoms with E-state index in [2.05, 4.69) is 0 Å². The maximum Gasteiger partial charge on any atom is 0.405 e. The van der Waals surface area contributed by atoms with Crippen molar-refractivity contribution in [1.82, 2.24) is 5.32 Å². The lowest BCUT2D eigenvalue weighted by atomic mass is 10.2. The molecular formula is C11H11F3N2O5. The van der Waals surface area contributed by atoms with Crippen LogP contribution in [0.25, 0.3) is 0 Å². The van der Waals surface area contributed by atoms with E-state index in [1.807, 2.05) is 0 Å². The van der Waals surface area contributed by atoms with Crippen molar-refractivity contribution in [1.29, 1.82) is 0 Å². The largest absolute Gasteiger partial charge is 0.483 e. The number of benzene rings is 1. The number of ether oxygens (including phenoxy) is 1. The summed E-state index contributed by atoms with van der Waals surface area (Å²) < 4.78 is 40.5. The monoisotopic (exact) mass is 308 g/mol. The molecule has 0 aliphatic carbocycles. The highest BCUT2D eigenvalue weighted by Crippen LogP contribution is 2.24. The zero-order valence-electron chi connectivity index (χ0n) is 10.5. The van der Waals surface area contributed by atoms with Crippen LogP contribution >= 0.6 is 0 Å². The Kier molecular flexibility index (Phi) is 5.47. The Morgan fingerprint density at radius 3 is 2.62 bits per heavy atom. The maximum atomic E-state index is 11.9. The number of hydrogen-bond acceptors (Lipinski definition) is 5. The number of alkyl halides is 3. The minimum Gasteiger partial charge on any atom is -0.483 e. The molecule has 0 spiro atoms. The van der Waals surface area contributed by atoms with Gasteiger partial charge in [0.2, 0.25) is 0 Å². The average molecular weight is 308 g/mol. The van der Waals surface area contributed by atoms with Gasteiger partial charge in [-0.1, -0.05) is 0 Å². The summed E-state index contributed by atoms with van der Waals surface area (Å²) in [5.41, 5.74) is -0.235. The lowest BCUT2D eigenvalue weighted by Crippen LogP contribution is -2.36. The predicted molar refractivity (Wildman–Crippen MR) is 63.6 cm³/mol. The van der Waals surface area contributed by atoms with Crippen molar-refractivity contribution in [2.24, 2.45) is 0 Å². The number of amides is 1. The molecule has 0 aromatic heterocycles. The van der Waals surface area contributed by atoms with Gasteiger partial charge in [-0.3, -0.25) is 14.9 Å². The summed E-state index contributed by atoms with van der Waals surface area (Å²) in [7, 11) is 0. The first kappa shape index (κ1) is 16.7. The highest BCUT2D eigenvalue weighted by molar-refractivity contribution is 5.77. The van der Waals surface area contributed by atoms with Crippen molar-refractivity contribution >= 4 is 11.6 Å². The minimum atomic E-state index is -4.53. The molecule has 0 heterocycles. The van der Waals surface area contributed by atoms with Crippen LogP contribution in [0.3, 0.4) is 0 Å². The molecule has 21 heavy (non-hydrogen) atoms. The Balaban J connectivity index is 2.63. The van der Waals surface area contributed by atoms with Gasteiger partial charge < -0.3 is 15.2 Å². The van der Waals surface area contributed by atoms with Gasteiger partial charge in [-0.05, 0) is 6.07 Å². The van der Waals surface area contributed by atoms with Gasteiger partial charge in [0.25, 0.3) is 11.6 Å². The Morgan fingerprint density at radius 2 is 2.10 bits per heavy atom. The van der Waals surface area contributed by atoms with Crippen LogP contribution in [0.2, 0.25) is 0 Å². The number of rotatable bonds is 6. The highest BCUT2D eigenvalue weighted by Gasteiger charge is 2.27. The number of carbonyl (C=O) groups excluding carboxylic acids is 1. The summed E-state index contributed by atoms with van der Waals surface area (Å²) in [5, 5.41) is 21.2. The number of hydrogen-bond donors (Lipinski definition) is 2. The lowest BCUT2D eigenvalue weighted by molar-refractivity contribution is -0.385. The van der Waals surface area contributed by atoms with Crippen LogP contribution in [0, 0.1) is 10.1 Å². The van der Waals surface area contributed by atoms with Gasteiger partial charge >= 0.3 is 6.18 Å². The van der Waals surface area contributed by atoms with E-state index < -0.39 is 36.8 Å². The summed E-state index contributed by atoms with van der Waals surface area (Å²) in [6.07, 6.45) is -4.53. The fourth-order valence-electron chi connectivity index (χ4n) is 1.34. The second-order valence-corrected chi connectivity index (χ2v) is 3.89. The molecule has 1 rings (SSSR count). The molecule has 0 atom stereocenters. The van der Waals surface area contributed by atoms with Gasteiger partial charge in [-0.25, -0.2) is 0 Å². The molecule has 1 amide bonds. The predicted octanol–water partition coefficient (Wildman–Crippen LogP) is 1.14. The van der Waals surface area contributed by atoms with E-state index in [1.165, 1.54) is 0 Å². The number of nitro groups is 1. The quantitative estimate of drug-likeness (QED) is 0.606.